The van der Waals surface area contributed by atoms with Gasteiger partial charge in [-0.15, -0.1) is 0 Å². The van der Waals surface area contributed by atoms with Gasteiger partial charge in [0.1, 0.15) is 11.6 Å². The molecular formula is C19H16F2N2O2. The van der Waals surface area contributed by atoms with Gasteiger partial charge >= 0.3 is 0 Å². The molecule has 0 aromatic heterocycles. The summed E-state index contributed by atoms with van der Waals surface area (Å²) in [6.07, 6.45) is -0.0610. The molecule has 2 rings (SSSR count). The summed E-state index contributed by atoms with van der Waals surface area (Å²) in [4.78, 5) is 24.4. The van der Waals surface area contributed by atoms with Crippen molar-refractivity contribution in [3.05, 3.63) is 65.7 Å². The largest absolute Gasteiger partial charge is 0.322 e. The molecule has 0 radical (unpaired) electrons. The molecule has 0 unspecified atom stereocenters. The van der Waals surface area contributed by atoms with E-state index in [1.165, 1.54) is 30.3 Å². The average Bonchev–Trinajstić information content (AvgIpc) is 2.58. The van der Waals surface area contributed by atoms with E-state index in [-0.39, 0.29) is 23.8 Å². The number of rotatable bonds is 6. The third-order valence-corrected chi connectivity index (χ3v) is 3.79. The Balaban J connectivity index is 2.05. The second-order valence-corrected chi connectivity index (χ2v) is 5.65. The summed E-state index contributed by atoms with van der Waals surface area (Å²) in [7, 11) is 0. The molecule has 2 atom stereocenters. The molecule has 0 spiro atoms. The minimum atomic E-state index is -1.54. The van der Waals surface area contributed by atoms with Gasteiger partial charge in [-0.3, -0.25) is 9.59 Å². The summed E-state index contributed by atoms with van der Waals surface area (Å²) in [6, 6.07) is 12.8. The molecular weight excluding hydrogens is 326 g/mol. The zero-order valence-electron chi connectivity index (χ0n) is 13.5. The second-order valence-electron chi connectivity index (χ2n) is 5.65. The molecule has 0 heterocycles. The van der Waals surface area contributed by atoms with Gasteiger partial charge in [0, 0.05) is 6.42 Å². The first-order chi connectivity index (χ1) is 11.9. The van der Waals surface area contributed by atoms with Crippen molar-refractivity contribution in [2.45, 2.75) is 19.3 Å². The Kier molecular flexibility index (Phi) is 5.96. The van der Waals surface area contributed by atoms with E-state index >= 15 is 0 Å². The number of nitrogens with one attached hydrogen (secondary N) is 1. The fourth-order valence-electron chi connectivity index (χ4n) is 2.37. The molecule has 0 saturated carbocycles. The maximum absolute atomic E-state index is 13.6. The van der Waals surface area contributed by atoms with E-state index in [0.717, 1.165) is 11.6 Å². The van der Waals surface area contributed by atoms with Gasteiger partial charge in [0.15, 0.2) is 11.7 Å². The van der Waals surface area contributed by atoms with Crippen LogP contribution in [0.3, 0.4) is 0 Å². The second kappa shape index (κ2) is 8.15. The van der Waals surface area contributed by atoms with Crippen molar-refractivity contribution in [2.75, 3.05) is 5.32 Å². The van der Waals surface area contributed by atoms with Gasteiger partial charge in [0.2, 0.25) is 5.91 Å². The molecule has 0 aliphatic carbocycles. The Bertz CT molecular complexity index is 813. The normalized spacial score (nSPS) is 12.7. The number of Topliss-reactive ketones (excluding diaryl/α,β-unsaturated/α-hetero) is 1. The van der Waals surface area contributed by atoms with Crippen LogP contribution in [0.15, 0.2) is 48.5 Å². The first kappa shape index (κ1) is 18.3. The van der Waals surface area contributed by atoms with Crippen LogP contribution in [0.1, 0.15) is 24.8 Å². The third-order valence-electron chi connectivity index (χ3n) is 3.79. The van der Waals surface area contributed by atoms with Crippen LogP contribution < -0.4 is 5.32 Å². The molecule has 0 fully saturated rings. The Morgan fingerprint density at radius 3 is 2.36 bits per heavy atom. The van der Waals surface area contributed by atoms with Gasteiger partial charge in [-0.05, 0) is 35.7 Å². The minimum Gasteiger partial charge on any atom is -0.322 e. The van der Waals surface area contributed by atoms with Gasteiger partial charge in [-0.1, -0.05) is 31.2 Å². The Morgan fingerprint density at radius 2 is 1.76 bits per heavy atom. The first-order valence-electron chi connectivity index (χ1n) is 7.65. The number of anilines is 1. The smallest absolute Gasteiger partial charge is 0.249 e. The number of carbonyl (C=O) groups excluding carboxylic acids is 2. The summed E-state index contributed by atoms with van der Waals surface area (Å²) in [5.41, 5.74) is 0.632. The van der Waals surface area contributed by atoms with Crippen molar-refractivity contribution < 1.29 is 18.4 Å². The molecule has 2 aromatic rings. The van der Waals surface area contributed by atoms with Crippen LogP contribution in [-0.2, 0) is 9.59 Å². The molecule has 0 aliphatic rings. The van der Waals surface area contributed by atoms with E-state index in [2.05, 4.69) is 5.32 Å². The van der Waals surface area contributed by atoms with Gasteiger partial charge < -0.3 is 5.32 Å². The van der Waals surface area contributed by atoms with Gasteiger partial charge in [0.05, 0.1) is 11.8 Å². The van der Waals surface area contributed by atoms with Crippen LogP contribution in [0, 0.1) is 28.9 Å². The molecule has 6 heteroatoms. The molecule has 4 nitrogen and oxygen atoms in total. The number of benzene rings is 2. The lowest BCUT2D eigenvalue weighted by molar-refractivity contribution is -0.129. The van der Waals surface area contributed by atoms with Crippen LogP contribution in [0.2, 0.25) is 0 Å². The van der Waals surface area contributed by atoms with Crippen LogP contribution in [0.5, 0.6) is 0 Å². The predicted molar refractivity (Wildman–Crippen MR) is 88.6 cm³/mol. The van der Waals surface area contributed by atoms with Crippen LogP contribution >= 0.6 is 0 Å². The maximum Gasteiger partial charge on any atom is 0.249 e. The van der Waals surface area contributed by atoms with Crippen molar-refractivity contribution in [1.29, 1.82) is 5.26 Å². The number of carbonyl (C=O) groups is 2. The first-order valence-corrected chi connectivity index (χ1v) is 7.65. The predicted octanol–water partition coefficient (Wildman–Crippen LogP) is 3.81. The third kappa shape index (κ3) is 4.70. The summed E-state index contributed by atoms with van der Waals surface area (Å²) in [6.45, 7) is 1.74. The van der Waals surface area contributed by atoms with E-state index in [9.17, 15) is 18.4 Å². The average molecular weight is 342 g/mol. The lowest BCUT2D eigenvalue weighted by Crippen LogP contribution is -2.29. The van der Waals surface area contributed by atoms with E-state index in [1.807, 2.05) is 0 Å². The maximum atomic E-state index is 13.6. The monoisotopic (exact) mass is 342 g/mol. The molecule has 2 aromatic carbocycles. The number of hydrogen-bond acceptors (Lipinski definition) is 3. The minimum absolute atomic E-state index is 0.0610. The van der Waals surface area contributed by atoms with Crippen molar-refractivity contribution in [1.82, 2.24) is 0 Å². The van der Waals surface area contributed by atoms with Crippen LogP contribution in [0.25, 0.3) is 0 Å². The molecule has 1 amide bonds. The fraction of sp³-hybridized carbons (Fsp3) is 0.211. The Labute approximate surface area is 144 Å². The van der Waals surface area contributed by atoms with Gasteiger partial charge in [0.25, 0.3) is 0 Å². The highest BCUT2D eigenvalue weighted by Crippen LogP contribution is 2.22. The zero-order valence-corrected chi connectivity index (χ0v) is 13.5. The van der Waals surface area contributed by atoms with E-state index in [1.54, 1.807) is 25.1 Å². The van der Waals surface area contributed by atoms with Crippen molar-refractivity contribution >= 4 is 17.4 Å². The number of amides is 1. The lowest BCUT2D eigenvalue weighted by Gasteiger charge is -2.14. The van der Waals surface area contributed by atoms with Crippen LogP contribution in [-0.4, -0.2) is 11.7 Å². The standard InChI is InChI=1S/C19H16F2N2O2/c1-12(13-6-8-14(20)9-7-13)10-18(24)15(11-22)19(25)23-17-5-3-2-4-16(17)21/h2-9,12,15H,10H2,1H3,(H,23,25)/t12-,15-/m0/s1. The SMILES string of the molecule is C[C@@H](CC(=O)[C@H](C#N)C(=O)Nc1ccccc1F)c1ccc(F)cc1. The van der Waals surface area contributed by atoms with Crippen LogP contribution in [0.4, 0.5) is 14.5 Å². The lowest BCUT2D eigenvalue weighted by atomic mass is 9.91. The molecule has 128 valence electrons. The van der Waals surface area contributed by atoms with E-state index in [4.69, 9.17) is 5.26 Å². The topological polar surface area (TPSA) is 70.0 Å². The highest BCUT2D eigenvalue weighted by Gasteiger charge is 2.28. The van der Waals surface area contributed by atoms with E-state index < -0.39 is 23.4 Å². The summed E-state index contributed by atoms with van der Waals surface area (Å²) < 4.78 is 26.5. The number of para-hydroxylation sites is 1. The fourth-order valence-corrected chi connectivity index (χ4v) is 2.37. The van der Waals surface area contributed by atoms with Gasteiger partial charge in [-0.2, -0.15) is 5.26 Å². The number of halogens is 2. The molecule has 25 heavy (non-hydrogen) atoms. The van der Waals surface area contributed by atoms with Gasteiger partial charge in [-0.25, -0.2) is 8.78 Å². The molecule has 1 N–H and O–H groups in total. The Morgan fingerprint density at radius 1 is 1.12 bits per heavy atom. The number of nitriles is 1. The van der Waals surface area contributed by atoms with Crippen molar-refractivity contribution in [2.24, 2.45) is 5.92 Å². The van der Waals surface area contributed by atoms with Crippen molar-refractivity contribution in [3.63, 3.8) is 0 Å². The Hall–Kier alpha value is -3.07. The highest BCUT2D eigenvalue weighted by molar-refractivity contribution is 6.09. The summed E-state index contributed by atoms with van der Waals surface area (Å²) in [5.74, 6) is -4.31. The molecule has 0 bridgehead atoms. The molecule has 0 aliphatic heterocycles. The number of hydrogen-bond donors (Lipinski definition) is 1. The zero-order chi connectivity index (χ0) is 18.4. The molecule has 0 saturated heterocycles. The number of nitrogens with zero attached hydrogens (tertiary/aromatic N) is 1. The number of ketones is 1. The summed E-state index contributed by atoms with van der Waals surface area (Å²) >= 11 is 0. The highest BCUT2D eigenvalue weighted by atomic mass is 19.1. The summed E-state index contributed by atoms with van der Waals surface area (Å²) in [5, 5.41) is 11.4. The quantitative estimate of drug-likeness (QED) is 0.812. The van der Waals surface area contributed by atoms with E-state index in [0.29, 0.717) is 0 Å². The van der Waals surface area contributed by atoms with Crippen molar-refractivity contribution in [3.8, 4) is 6.07 Å².